The zero-order valence-corrected chi connectivity index (χ0v) is 16.3. The van der Waals surface area contributed by atoms with E-state index in [4.69, 9.17) is 28.5 Å². The molecule has 30 heavy (non-hydrogen) atoms. The van der Waals surface area contributed by atoms with E-state index in [-0.39, 0.29) is 17.8 Å². The van der Waals surface area contributed by atoms with E-state index < -0.39 is 57.7 Å². The maximum absolute atomic E-state index is 14.1. The van der Waals surface area contributed by atoms with Gasteiger partial charge in [-0.2, -0.15) is 31.6 Å². The predicted molar refractivity (Wildman–Crippen MR) is 97.1 cm³/mol. The SMILES string of the molecule is N#Cc1ccc(N2CCC(c3cc(Cl)c(F)c(Cl)c3)(C(F)(F)F)C2)cc1C(F)(F)F. The van der Waals surface area contributed by atoms with Gasteiger partial charge < -0.3 is 4.90 Å². The summed E-state index contributed by atoms with van der Waals surface area (Å²) in [7, 11) is 0. The van der Waals surface area contributed by atoms with Crippen molar-refractivity contribution in [1.82, 2.24) is 0 Å². The van der Waals surface area contributed by atoms with E-state index in [2.05, 4.69) is 0 Å². The van der Waals surface area contributed by atoms with Crippen LogP contribution in [0.1, 0.15) is 23.1 Å². The van der Waals surface area contributed by atoms with Crippen LogP contribution in [0.15, 0.2) is 30.3 Å². The molecular formula is C19H11Cl2F7N2. The number of hydrogen-bond acceptors (Lipinski definition) is 2. The molecule has 1 aliphatic rings. The molecule has 2 aromatic rings. The molecule has 2 nitrogen and oxygen atoms in total. The smallest absolute Gasteiger partial charge is 0.370 e. The van der Waals surface area contributed by atoms with Crippen LogP contribution in [0.25, 0.3) is 0 Å². The lowest BCUT2D eigenvalue weighted by atomic mass is 9.79. The molecule has 1 heterocycles. The van der Waals surface area contributed by atoms with Crippen LogP contribution < -0.4 is 4.90 Å². The quantitative estimate of drug-likeness (QED) is 0.359. The third-order valence-electron chi connectivity index (χ3n) is 5.14. The van der Waals surface area contributed by atoms with Gasteiger partial charge >= 0.3 is 12.4 Å². The van der Waals surface area contributed by atoms with Gasteiger partial charge in [0.1, 0.15) is 5.41 Å². The molecule has 2 aromatic carbocycles. The van der Waals surface area contributed by atoms with Gasteiger partial charge in [0.15, 0.2) is 5.82 Å². The monoisotopic (exact) mass is 470 g/mol. The highest BCUT2D eigenvalue weighted by molar-refractivity contribution is 6.35. The number of benzene rings is 2. The van der Waals surface area contributed by atoms with Gasteiger partial charge in [-0.15, -0.1) is 0 Å². The summed E-state index contributed by atoms with van der Waals surface area (Å²) in [6.07, 6.45) is -10.2. The summed E-state index contributed by atoms with van der Waals surface area (Å²) in [4.78, 5) is 1.13. The Labute approximate surface area is 176 Å². The van der Waals surface area contributed by atoms with Crippen molar-refractivity contribution in [2.75, 3.05) is 18.0 Å². The summed E-state index contributed by atoms with van der Waals surface area (Å²) in [6, 6.07) is 5.81. The number of alkyl halides is 6. The minimum Gasteiger partial charge on any atom is -0.370 e. The molecule has 160 valence electrons. The number of rotatable bonds is 2. The largest absolute Gasteiger partial charge is 0.417 e. The van der Waals surface area contributed by atoms with Crippen molar-refractivity contribution in [1.29, 1.82) is 5.26 Å². The molecule has 1 saturated heterocycles. The van der Waals surface area contributed by atoms with Gasteiger partial charge in [-0.3, -0.25) is 0 Å². The average molecular weight is 471 g/mol. The molecule has 1 aliphatic heterocycles. The summed E-state index contributed by atoms with van der Waals surface area (Å²) < 4.78 is 95.7. The second-order valence-electron chi connectivity index (χ2n) is 6.84. The molecule has 1 atom stereocenters. The Balaban J connectivity index is 2.07. The highest BCUT2D eigenvalue weighted by Gasteiger charge is 2.59. The summed E-state index contributed by atoms with van der Waals surface area (Å²) in [6.45, 7) is -0.951. The molecule has 0 bridgehead atoms. The fourth-order valence-corrected chi connectivity index (χ4v) is 4.04. The van der Waals surface area contributed by atoms with Crippen molar-refractivity contribution in [2.24, 2.45) is 0 Å². The molecule has 0 aromatic heterocycles. The van der Waals surface area contributed by atoms with Crippen LogP contribution >= 0.6 is 23.2 Å². The third kappa shape index (κ3) is 3.79. The molecular weight excluding hydrogens is 460 g/mol. The highest BCUT2D eigenvalue weighted by Crippen LogP contribution is 2.50. The number of anilines is 1. The van der Waals surface area contributed by atoms with Crippen molar-refractivity contribution in [3.8, 4) is 6.07 Å². The maximum Gasteiger partial charge on any atom is 0.417 e. The van der Waals surface area contributed by atoms with Gasteiger partial charge in [0, 0.05) is 18.8 Å². The van der Waals surface area contributed by atoms with Crippen molar-refractivity contribution in [3.05, 3.63) is 62.9 Å². The number of nitriles is 1. The summed E-state index contributed by atoms with van der Waals surface area (Å²) in [5.41, 5.74) is -4.88. The Morgan fingerprint density at radius 1 is 1.00 bits per heavy atom. The highest BCUT2D eigenvalue weighted by atomic mass is 35.5. The standard InChI is InChI=1S/C19H11Cl2F7N2/c20-14-5-11(6-15(21)16(14)22)17(19(26,27)28)3-4-30(9-17)12-2-1-10(8-29)13(7-12)18(23,24)25/h1-2,5-7H,3-4,9H2. The van der Waals surface area contributed by atoms with Crippen LogP contribution in [0, 0.1) is 17.1 Å². The van der Waals surface area contributed by atoms with E-state index >= 15 is 0 Å². The Morgan fingerprint density at radius 2 is 1.60 bits per heavy atom. The minimum atomic E-state index is -4.85. The van der Waals surface area contributed by atoms with Gasteiger partial charge in [-0.1, -0.05) is 23.2 Å². The van der Waals surface area contributed by atoms with Crippen molar-refractivity contribution >= 4 is 28.9 Å². The molecule has 0 amide bonds. The van der Waals surface area contributed by atoms with E-state index in [1.165, 1.54) is 6.07 Å². The first kappa shape index (κ1) is 22.5. The molecule has 11 heteroatoms. The van der Waals surface area contributed by atoms with Crippen LogP contribution in [0.3, 0.4) is 0 Å². The van der Waals surface area contributed by atoms with Crippen LogP contribution in [-0.2, 0) is 11.6 Å². The van der Waals surface area contributed by atoms with E-state index in [0.29, 0.717) is 6.07 Å². The van der Waals surface area contributed by atoms with Crippen LogP contribution in [0.4, 0.5) is 36.4 Å². The van der Waals surface area contributed by atoms with Crippen LogP contribution in [0.2, 0.25) is 10.0 Å². The first-order chi connectivity index (χ1) is 13.8. The topological polar surface area (TPSA) is 27.0 Å². The minimum absolute atomic E-state index is 0.119. The average Bonchev–Trinajstić information content (AvgIpc) is 3.11. The molecule has 0 spiro atoms. The molecule has 0 N–H and O–H groups in total. The second-order valence-corrected chi connectivity index (χ2v) is 7.66. The van der Waals surface area contributed by atoms with E-state index in [1.807, 2.05) is 0 Å². The number of hydrogen-bond donors (Lipinski definition) is 0. The van der Waals surface area contributed by atoms with Crippen LogP contribution in [0.5, 0.6) is 0 Å². The maximum atomic E-state index is 14.1. The molecule has 1 unspecified atom stereocenters. The zero-order chi connectivity index (χ0) is 22.5. The first-order valence-corrected chi connectivity index (χ1v) is 9.14. The summed E-state index contributed by atoms with van der Waals surface area (Å²) in [5.74, 6) is -1.06. The van der Waals surface area contributed by atoms with E-state index in [9.17, 15) is 30.7 Å². The Kier molecular flexibility index (Phi) is 5.63. The van der Waals surface area contributed by atoms with Crippen molar-refractivity contribution in [2.45, 2.75) is 24.2 Å². The second kappa shape index (κ2) is 7.50. The number of halogens is 9. The van der Waals surface area contributed by atoms with Gasteiger partial charge in [0.05, 0.1) is 27.2 Å². The Bertz CT molecular complexity index is 1000. The zero-order valence-electron chi connectivity index (χ0n) is 14.8. The third-order valence-corrected chi connectivity index (χ3v) is 5.69. The van der Waals surface area contributed by atoms with Gasteiger partial charge in [0.25, 0.3) is 0 Å². The fraction of sp³-hybridized carbons (Fsp3) is 0.316. The van der Waals surface area contributed by atoms with Crippen molar-refractivity contribution < 1.29 is 30.7 Å². The Morgan fingerprint density at radius 3 is 2.10 bits per heavy atom. The van der Waals surface area contributed by atoms with E-state index in [0.717, 1.165) is 29.2 Å². The first-order valence-electron chi connectivity index (χ1n) is 8.38. The van der Waals surface area contributed by atoms with E-state index in [1.54, 1.807) is 0 Å². The lowest BCUT2D eigenvalue weighted by Gasteiger charge is -2.33. The number of nitrogens with zero attached hydrogens (tertiary/aromatic N) is 2. The normalized spacial score (nSPS) is 19.8. The lowest BCUT2D eigenvalue weighted by Crippen LogP contribution is -2.45. The summed E-state index contributed by atoms with van der Waals surface area (Å²) >= 11 is 11.3. The van der Waals surface area contributed by atoms with Crippen LogP contribution in [-0.4, -0.2) is 19.3 Å². The van der Waals surface area contributed by atoms with Gasteiger partial charge in [-0.25, -0.2) is 4.39 Å². The predicted octanol–water partition coefficient (Wildman–Crippen LogP) is 6.73. The molecule has 0 aliphatic carbocycles. The van der Waals surface area contributed by atoms with Crippen molar-refractivity contribution in [3.63, 3.8) is 0 Å². The van der Waals surface area contributed by atoms with Gasteiger partial charge in [-0.05, 0) is 42.3 Å². The fourth-order valence-electron chi connectivity index (χ4n) is 3.55. The molecule has 3 rings (SSSR count). The Hall–Kier alpha value is -2.18. The molecule has 0 radical (unpaired) electrons. The van der Waals surface area contributed by atoms with Gasteiger partial charge in [0.2, 0.25) is 0 Å². The lowest BCUT2D eigenvalue weighted by molar-refractivity contribution is -0.184. The molecule has 1 fully saturated rings. The molecule has 0 saturated carbocycles. The summed E-state index contributed by atoms with van der Waals surface area (Å²) in [5, 5.41) is 7.71.